The minimum absolute atomic E-state index is 0.267. The van der Waals surface area contributed by atoms with E-state index in [2.05, 4.69) is 5.16 Å². The molecule has 0 saturated carbocycles. The van der Waals surface area contributed by atoms with Gasteiger partial charge in [-0.3, -0.25) is 0 Å². The molecule has 5 heteroatoms. The van der Waals surface area contributed by atoms with Crippen LogP contribution in [-0.4, -0.2) is 25.5 Å². The lowest BCUT2D eigenvalue weighted by Crippen LogP contribution is -2.34. The molecule has 1 saturated heterocycles. The van der Waals surface area contributed by atoms with E-state index in [0.717, 1.165) is 16.9 Å². The number of rotatable bonds is 1. The summed E-state index contributed by atoms with van der Waals surface area (Å²) in [5.74, 6) is 0.777. The van der Waals surface area contributed by atoms with Crippen LogP contribution in [0.5, 0.6) is 0 Å². The van der Waals surface area contributed by atoms with Gasteiger partial charge in [0.15, 0.2) is 0 Å². The maximum atomic E-state index is 5.34. The van der Waals surface area contributed by atoms with Crippen LogP contribution >= 0.6 is 0 Å². The smallest absolute Gasteiger partial charge is 0.405 e. The van der Waals surface area contributed by atoms with Crippen molar-refractivity contribution >= 4 is 12.6 Å². The third kappa shape index (κ3) is 1.15. The van der Waals surface area contributed by atoms with Crippen LogP contribution in [0.15, 0.2) is 4.52 Å². The van der Waals surface area contributed by atoms with E-state index in [0.29, 0.717) is 13.2 Å². The number of hydrogen-bond donors (Lipinski definition) is 0. The Morgan fingerprint density at radius 2 is 1.92 bits per heavy atom. The van der Waals surface area contributed by atoms with Gasteiger partial charge in [-0.15, -0.1) is 0 Å². The Morgan fingerprint density at radius 1 is 1.25 bits per heavy atom. The van der Waals surface area contributed by atoms with Gasteiger partial charge in [-0.2, -0.15) is 0 Å². The summed E-state index contributed by atoms with van der Waals surface area (Å²) in [5.41, 5.74) is 1.78. The summed E-state index contributed by atoms with van der Waals surface area (Å²) in [4.78, 5) is 0. The summed E-state index contributed by atoms with van der Waals surface area (Å²) in [6.45, 7) is 5.04. The standard InChI is InChI=1S/C7H10BNO3/c1-5-7(6(2)12-9-5)8-10-3-4-11-8/h3-4H2,1-2H3. The van der Waals surface area contributed by atoms with Crippen LogP contribution in [0.4, 0.5) is 0 Å². The Hall–Kier alpha value is -0.805. The molecule has 1 fully saturated rings. The molecule has 2 heterocycles. The van der Waals surface area contributed by atoms with Gasteiger partial charge in [-0.25, -0.2) is 0 Å². The van der Waals surface area contributed by atoms with Crippen LogP contribution in [-0.2, 0) is 9.31 Å². The summed E-state index contributed by atoms with van der Waals surface area (Å²) < 4.78 is 15.7. The van der Waals surface area contributed by atoms with Gasteiger partial charge in [0.1, 0.15) is 5.76 Å². The molecule has 0 aromatic carbocycles. The van der Waals surface area contributed by atoms with E-state index in [1.54, 1.807) is 0 Å². The first-order valence-corrected chi connectivity index (χ1v) is 3.95. The minimum Gasteiger partial charge on any atom is -0.405 e. The molecule has 2 rings (SSSR count). The van der Waals surface area contributed by atoms with E-state index in [1.807, 2.05) is 13.8 Å². The van der Waals surface area contributed by atoms with Crippen molar-refractivity contribution in [1.82, 2.24) is 5.16 Å². The molecule has 0 bridgehead atoms. The second-order valence-corrected chi connectivity index (χ2v) is 2.81. The summed E-state index contributed by atoms with van der Waals surface area (Å²) in [5, 5.41) is 3.83. The highest BCUT2D eigenvalue weighted by atomic mass is 16.6. The first-order valence-electron chi connectivity index (χ1n) is 3.95. The molecule has 64 valence electrons. The number of nitrogens with zero attached hydrogens (tertiary/aromatic N) is 1. The maximum absolute atomic E-state index is 5.34. The fourth-order valence-electron chi connectivity index (χ4n) is 1.35. The quantitative estimate of drug-likeness (QED) is 0.553. The molecule has 1 aliphatic rings. The molecule has 12 heavy (non-hydrogen) atoms. The third-order valence-corrected chi connectivity index (χ3v) is 1.95. The van der Waals surface area contributed by atoms with Gasteiger partial charge in [0, 0.05) is 5.46 Å². The van der Waals surface area contributed by atoms with Crippen molar-refractivity contribution in [2.24, 2.45) is 0 Å². The van der Waals surface area contributed by atoms with E-state index < -0.39 is 0 Å². The molecule has 0 spiro atoms. The molecule has 1 aromatic heterocycles. The van der Waals surface area contributed by atoms with Crippen molar-refractivity contribution in [2.45, 2.75) is 13.8 Å². The second kappa shape index (κ2) is 2.92. The fraction of sp³-hybridized carbons (Fsp3) is 0.571. The highest BCUT2D eigenvalue weighted by molar-refractivity contribution is 6.62. The summed E-state index contributed by atoms with van der Waals surface area (Å²) in [7, 11) is -0.267. The maximum Gasteiger partial charge on any atom is 0.499 e. The summed E-state index contributed by atoms with van der Waals surface area (Å²) in [6, 6.07) is 0. The Labute approximate surface area is 71.0 Å². The Balaban J connectivity index is 2.30. The summed E-state index contributed by atoms with van der Waals surface area (Å²) >= 11 is 0. The summed E-state index contributed by atoms with van der Waals surface area (Å²) in [6.07, 6.45) is 0. The minimum atomic E-state index is -0.267. The topological polar surface area (TPSA) is 44.5 Å². The molecule has 0 aliphatic carbocycles. The van der Waals surface area contributed by atoms with Crippen molar-refractivity contribution in [3.8, 4) is 0 Å². The number of aromatic nitrogens is 1. The molecule has 0 N–H and O–H groups in total. The molecule has 0 radical (unpaired) electrons. The van der Waals surface area contributed by atoms with E-state index in [4.69, 9.17) is 13.8 Å². The van der Waals surface area contributed by atoms with Crippen molar-refractivity contribution < 1.29 is 13.8 Å². The first kappa shape index (κ1) is 7.82. The average Bonchev–Trinajstić information content (AvgIpc) is 2.61. The van der Waals surface area contributed by atoms with Crippen LogP contribution in [0.1, 0.15) is 11.5 Å². The Morgan fingerprint density at radius 3 is 2.42 bits per heavy atom. The van der Waals surface area contributed by atoms with E-state index in [9.17, 15) is 0 Å². The first-order chi connectivity index (χ1) is 5.79. The van der Waals surface area contributed by atoms with E-state index in [-0.39, 0.29) is 7.12 Å². The molecule has 4 nitrogen and oxygen atoms in total. The third-order valence-electron chi connectivity index (χ3n) is 1.95. The molecule has 1 aromatic rings. The van der Waals surface area contributed by atoms with Gasteiger partial charge in [0.05, 0.1) is 18.9 Å². The SMILES string of the molecule is Cc1noc(C)c1B1OCCO1. The number of hydrogen-bond acceptors (Lipinski definition) is 4. The molecule has 0 unspecified atom stereocenters. The van der Waals surface area contributed by atoms with Crippen LogP contribution in [0.3, 0.4) is 0 Å². The molecule has 0 amide bonds. The Kier molecular flexibility index (Phi) is 1.90. The predicted molar refractivity (Wildman–Crippen MR) is 43.3 cm³/mol. The largest absolute Gasteiger partial charge is 0.499 e. The van der Waals surface area contributed by atoms with Gasteiger partial charge < -0.3 is 13.8 Å². The average molecular weight is 167 g/mol. The van der Waals surface area contributed by atoms with Gasteiger partial charge in [0.25, 0.3) is 0 Å². The lowest BCUT2D eigenvalue weighted by atomic mass is 9.78. The molecule has 1 aliphatic heterocycles. The molecule has 0 atom stereocenters. The van der Waals surface area contributed by atoms with Crippen molar-refractivity contribution in [3.63, 3.8) is 0 Å². The zero-order chi connectivity index (χ0) is 8.55. The van der Waals surface area contributed by atoms with Gasteiger partial charge in [0.2, 0.25) is 0 Å². The van der Waals surface area contributed by atoms with E-state index in [1.165, 1.54) is 0 Å². The van der Waals surface area contributed by atoms with Gasteiger partial charge in [-0.05, 0) is 13.8 Å². The normalized spacial score (nSPS) is 17.3. The Bertz CT molecular complexity index is 261. The molecular formula is C7H10BNO3. The lowest BCUT2D eigenvalue weighted by molar-refractivity contribution is 0.365. The van der Waals surface area contributed by atoms with Crippen LogP contribution in [0.2, 0.25) is 0 Å². The monoisotopic (exact) mass is 167 g/mol. The zero-order valence-electron chi connectivity index (χ0n) is 7.16. The van der Waals surface area contributed by atoms with Crippen molar-refractivity contribution in [3.05, 3.63) is 11.5 Å². The number of aryl methyl sites for hydroxylation is 2. The van der Waals surface area contributed by atoms with Gasteiger partial charge in [-0.1, -0.05) is 5.16 Å². The van der Waals surface area contributed by atoms with Crippen LogP contribution in [0.25, 0.3) is 0 Å². The highest BCUT2D eigenvalue weighted by Crippen LogP contribution is 2.06. The van der Waals surface area contributed by atoms with E-state index >= 15 is 0 Å². The van der Waals surface area contributed by atoms with Crippen LogP contribution in [0, 0.1) is 13.8 Å². The highest BCUT2D eigenvalue weighted by Gasteiger charge is 2.32. The van der Waals surface area contributed by atoms with Crippen molar-refractivity contribution in [1.29, 1.82) is 0 Å². The zero-order valence-corrected chi connectivity index (χ0v) is 7.16. The lowest BCUT2D eigenvalue weighted by Gasteiger charge is -2.00. The van der Waals surface area contributed by atoms with Crippen LogP contribution < -0.4 is 5.46 Å². The fourth-order valence-corrected chi connectivity index (χ4v) is 1.35. The second-order valence-electron chi connectivity index (χ2n) is 2.81. The van der Waals surface area contributed by atoms with Gasteiger partial charge >= 0.3 is 7.12 Å². The predicted octanol–water partition coefficient (Wildman–Crippen LogP) is 0.0334. The van der Waals surface area contributed by atoms with Crippen molar-refractivity contribution in [2.75, 3.05) is 13.2 Å². The molecular weight excluding hydrogens is 157 g/mol.